The molecule has 118 valence electrons. The zero-order valence-electron chi connectivity index (χ0n) is 13.7. The molecule has 0 unspecified atom stereocenters. The Labute approximate surface area is 131 Å². The first kappa shape index (κ1) is 16.0. The SMILES string of the molecule is CCNC(=NCc1ccccc1C)NCc1nnc(C)n1C. The Morgan fingerprint density at radius 3 is 2.59 bits per heavy atom. The van der Waals surface area contributed by atoms with E-state index in [4.69, 9.17) is 0 Å². The van der Waals surface area contributed by atoms with E-state index in [1.54, 1.807) is 0 Å². The number of guanidine groups is 1. The van der Waals surface area contributed by atoms with Gasteiger partial charge in [-0.2, -0.15) is 0 Å². The first-order valence-electron chi connectivity index (χ1n) is 7.53. The van der Waals surface area contributed by atoms with Crippen molar-refractivity contribution in [1.29, 1.82) is 0 Å². The topological polar surface area (TPSA) is 67.1 Å². The average Bonchev–Trinajstić information content (AvgIpc) is 2.83. The smallest absolute Gasteiger partial charge is 0.191 e. The number of hydrogen-bond acceptors (Lipinski definition) is 3. The Morgan fingerprint density at radius 1 is 1.18 bits per heavy atom. The van der Waals surface area contributed by atoms with Crippen LogP contribution in [0.3, 0.4) is 0 Å². The molecule has 6 nitrogen and oxygen atoms in total. The van der Waals surface area contributed by atoms with E-state index in [0.29, 0.717) is 13.1 Å². The molecule has 2 N–H and O–H groups in total. The summed E-state index contributed by atoms with van der Waals surface area (Å²) >= 11 is 0. The van der Waals surface area contributed by atoms with Crippen LogP contribution in [0.1, 0.15) is 29.7 Å². The van der Waals surface area contributed by atoms with E-state index in [9.17, 15) is 0 Å². The Kier molecular flexibility index (Phi) is 5.52. The van der Waals surface area contributed by atoms with Crippen molar-refractivity contribution < 1.29 is 0 Å². The van der Waals surface area contributed by atoms with Gasteiger partial charge in [-0.1, -0.05) is 24.3 Å². The van der Waals surface area contributed by atoms with Crippen LogP contribution in [0.5, 0.6) is 0 Å². The van der Waals surface area contributed by atoms with Crippen molar-refractivity contribution in [2.45, 2.75) is 33.9 Å². The van der Waals surface area contributed by atoms with Gasteiger partial charge in [0.1, 0.15) is 5.82 Å². The Morgan fingerprint density at radius 2 is 1.95 bits per heavy atom. The summed E-state index contributed by atoms with van der Waals surface area (Å²) in [4.78, 5) is 4.63. The van der Waals surface area contributed by atoms with Gasteiger partial charge in [-0.3, -0.25) is 0 Å². The number of nitrogens with zero attached hydrogens (tertiary/aromatic N) is 4. The van der Waals surface area contributed by atoms with E-state index in [1.807, 2.05) is 30.7 Å². The van der Waals surface area contributed by atoms with Crippen LogP contribution in [0.25, 0.3) is 0 Å². The van der Waals surface area contributed by atoms with E-state index < -0.39 is 0 Å². The largest absolute Gasteiger partial charge is 0.357 e. The highest BCUT2D eigenvalue weighted by atomic mass is 15.3. The van der Waals surface area contributed by atoms with Crippen LogP contribution in [-0.2, 0) is 20.1 Å². The molecule has 0 aliphatic rings. The molecule has 22 heavy (non-hydrogen) atoms. The van der Waals surface area contributed by atoms with Gasteiger partial charge in [0.15, 0.2) is 11.8 Å². The molecule has 0 aliphatic carbocycles. The van der Waals surface area contributed by atoms with Gasteiger partial charge in [-0.05, 0) is 31.9 Å². The molecule has 0 aliphatic heterocycles. The van der Waals surface area contributed by atoms with Crippen molar-refractivity contribution in [3.63, 3.8) is 0 Å². The van der Waals surface area contributed by atoms with E-state index in [-0.39, 0.29) is 0 Å². The molecule has 0 spiro atoms. The molecule has 2 rings (SSSR count). The second kappa shape index (κ2) is 7.59. The molecule has 0 saturated carbocycles. The van der Waals surface area contributed by atoms with Crippen LogP contribution < -0.4 is 10.6 Å². The van der Waals surface area contributed by atoms with Crippen LogP contribution in [0.2, 0.25) is 0 Å². The molecule has 0 atom stereocenters. The molecule has 2 aromatic rings. The summed E-state index contributed by atoms with van der Waals surface area (Å²) in [5.41, 5.74) is 2.49. The van der Waals surface area contributed by atoms with Crippen molar-refractivity contribution in [2.75, 3.05) is 6.54 Å². The lowest BCUT2D eigenvalue weighted by atomic mass is 10.1. The Hall–Kier alpha value is -2.37. The van der Waals surface area contributed by atoms with E-state index in [0.717, 1.165) is 24.2 Å². The summed E-state index contributed by atoms with van der Waals surface area (Å²) in [6.07, 6.45) is 0. The van der Waals surface area contributed by atoms with E-state index in [2.05, 4.69) is 51.8 Å². The third-order valence-electron chi connectivity index (χ3n) is 3.61. The predicted octanol–water partition coefficient (Wildman–Crippen LogP) is 1.69. The molecular formula is C16H24N6. The van der Waals surface area contributed by atoms with Crippen molar-refractivity contribution in [2.24, 2.45) is 12.0 Å². The van der Waals surface area contributed by atoms with Crippen molar-refractivity contribution in [1.82, 2.24) is 25.4 Å². The van der Waals surface area contributed by atoms with Crippen LogP contribution >= 0.6 is 0 Å². The maximum absolute atomic E-state index is 4.63. The lowest BCUT2D eigenvalue weighted by molar-refractivity contribution is 0.718. The van der Waals surface area contributed by atoms with Crippen LogP contribution in [0, 0.1) is 13.8 Å². The number of aliphatic imine (C=N–C) groups is 1. The average molecular weight is 300 g/mol. The zero-order valence-corrected chi connectivity index (χ0v) is 13.7. The summed E-state index contributed by atoms with van der Waals surface area (Å²) < 4.78 is 1.97. The first-order valence-corrected chi connectivity index (χ1v) is 7.53. The first-order chi connectivity index (χ1) is 10.6. The van der Waals surface area contributed by atoms with E-state index >= 15 is 0 Å². The number of benzene rings is 1. The van der Waals surface area contributed by atoms with Gasteiger partial charge in [0.05, 0.1) is 13.1 Å². The molecule has 1 heterocycles. The number of aromatic nitrogens is 3. The quantitative estimate of drug-likeness (QED) is 0.651. The van der Waals surface area contributed by atoms with Crippen LogP contribution in [0.15, 0.2) is 29.3 Å². The van der Waals surface area contributed by atoms with Crippen molar-refractivity contribution in [3.05, 3.63) is 47.0 Å². The van der Waals surface area contributed by atoms with Gasteiger partial charge >= 0.3 is 0 Å². The molecule has 1 aromatic heterocycles. The highest BCUT2D eigenvalue weighted by Crippen LogP contribution is 2.07. The van der Waals surface area contributed by atoms with Gasteiger partial charge in [-0.25, -0.2) is 4.99 Å². The second-order valence-corrected chi connectivity index (χ2v) is 5.20. The fourth-order valence-electron chi connectivity index (χ4n) is 2.06. The number of rotatable bonds is 5. The lowest BCUT2D eigenvalue weighted by Crippen LogP contribution is -2.37. The summed E-state index contributed by atoms with van der Waals surface area (Å²) in [5.74, 6) is 2.57. The maximum atomic E-state index is 4.63. The molecule has 6 heteroatoms. The van der Waals surface area contributed by atoms with Gasteiger partial charge in [-0.15, -0.1) is 10.2 Å². The standard InChI is InChI=1S/C16H24N6/c1-5-17-16(18-10-14-9-7-6-8-12(14)2)19-11-15-21-20-13(3)22(15)4/h6-9H,5,10-11H2,1-4H3,(H2,17,18,19). The molecule has 0 bridgehead atoms. The summed E-state index contributed by atoms with van der Waals surface area (Å²) in [5, 5.41) is 14.8. The monoisotopic (exact) mass is 300 g/mol. The van der Waals surface area contributed by atoms with Gasteiger partial charge in [0.25, 0.3) is 0 Å². The van der Waals surface area contributed by atoms with Crippen molar-refractivity contribution >= 4 is 5.96 Å². The molecule has 0 fully saturated rings. The van der Waals surface area contributed by atoms with Gasteiger partial charge in [0.2, 0.25) is 0 Å². The predicted molar refractivity (Wildman–Crippen MR) is 88.6 cm³/mol. The maximum Gasteiger partial charge on any atom is 0.191 e. The van der Waals surface area contributed by atoms with Gasteiger partial charge in [0, 0.05) is 13.6 Å². The number of aryl methyl sites for hydroxylation is 2. The van der Waals surface area contributed by atoms with Crippen LogP contribution in [0.4, 0.5) is 0 Å². The third kappa shape index (κ3) is 4.07. The lowest BCUT2D eigenvalue weighted by Gasteiger charge is -2.11. The van der Waals surface area contributed by atoms with Gasteiger partial charge < -0.3 is 15.2 Å². The highest BCUT2D eigenvalue weighted by Gasteiger charge is 2.06. The Bertz CT molecular complexity index is 644. The highest BCUT2D eigenvalue weighted by molar-refractivity contribution is 5.79. The fraction of sp³-hybridized carbons (Fsp3) is 0.438. The minimum absolute atomic E-state index is 0.594. The normalized spacial score (nSPS) is 11.5. The summed E-state index contributed by atoms with van der Waals surface area (Å²) in [6, 6.07) is 8.30. The number of hydrogen-bond donors (Lipinski definition) is 2. The van der Waals surface area contributed by atoms with Crippen molar-refractivity contribution in [3.8, 4) is 0 Å². The third-order valence-corrected chi connectivity index (χ3v) is 3.61. The minimum atomic E-state index is 0.594. The summed E-state index contributed by atoms with van der Waals surface area (Å²) in [7, 11) is 1.96. The molecule has 0 radical (unpaired) electrons. The van der Waals surface area contributed by atoms with E-state index in [1.165, 1.54) is 11.1 Å². The zero-order chi connectivity index (χ0) is 15.9. The summed E-state index contributed by atoms with van der Waals surface area (Å²) in [6.45, 7) is 8.16. The molecular weight excluding hydrogens is 276 g/mol. The minimum Gasteiger partial charge on any atom is -0.357 e. The fourth-order valence-corrected chi connectivity index (χ4v) is 2.06. The molecule has 0 saturated heterocycles. The Balaban J connectivity index is 2.01. The molecule has 1 aromatic carbocycles. The number of nitrogens with one attached hydrogen (secondary N) is 2. The molecule has 0 amide bonds. The van der Waals surface area contributed by atoms with Crippen LogP contribution in [-0.4, -0.2) is 27.3 Å². The second-order valence-electron chi connectivity index (χ2n) is 5.20.